The summed E-state index contributed by atoms with van der Waals surface area (Å²) in [6.07, 6.45) is 0. The SMILES string of the molecule is FC[N]c1ccccc1. The molecule has 0 amide bonds. The van der Waals surface area contributed by atoms with E-state index in [4.69, 9.17) is 0 Å². The lowest BCUT2D eigenvalue weighted by Gasteiger charge is -1.93. The largest absolute Gasteiger partial charge is 0.252 e. The number of rotatable bonds is 2. The molecule has 0 fully saturated rings. The van der Waals surface area contributed by atoms with Gasteiger partial charge in [-0.2, -0.15) is 0 Å². The lowest BCUT2D eigenvalue weighted by atomic mass is 10.3. The minimum Gasteiger partial charge on any atom is -0.252 e. The van der Waals surface area contributed by atoms with E-state index in [-0.39, 0.29) is 0 Å². The molecule has 1 aromatic carbocycles. The Morgan fingerprint density at radius 1 is 1.22 bits per heavy atom. The fourth-order valence-electron chi connectivity index (χ4n) is 0.602. The van der Waals surface area contributed by atoms with Crippen LogP contribution in [0, 0.1) is 0 Å². The zero-order valence-electron chi connectivity index (χ0n) is 4.92. The van der Waals surface area contributed by atoms with E-state index in [9.17, 15) is 4.39 Å². The molecule has 1 rings (SSSR count). The summed E-state index contributed by atoms with van der Waals surface area (Å²) in [6, 6.07) is 9.05. The number of halogens is 1. The van der Waals surface area contributed by atoms with Crippen molar-refractivity contribution in [2.75, 3.05) is 6.80 Å². The highest BCUT2D eigenvalue weighted by Crippen LogP contribution is 2.03. The fraction of sp³-hybridized carbons (Fsp3) is 0.143. The second-order valence-corrected chi connectivity index (χ2v) is 1.61. The van der Waals surface area contributed by atoms with Crippen LogP contribution in [0.25, 0.3) is 0 Å². The molecule has 0 saturated carbocycles. The molecule has 0 aliphatic rings. The van der Waals surface area contributed by atoms with Gasteiger partial charge < -0.3 is 0 Å². The maximum absolute atomic E-state index is 11.5. The molecule has 9 heavy (non-hydrogen) atoms. The Morgan fingerprint density at radius 2 is 1.89 bits per heavy atom. The Hall–Kier alpha value is -1.05. The standard InChI is InChI=1S/C7H7FN/c8-6-9-7-4-2-1-3-5-7/h1-5H,6H2. The number of alkyl halides is 1. The summed E-state index contributed by atoms with van der Waals surface area (Å²) in [6.45, 7) is -0.635. The Labute approximate surface area is 53.5 Å². The second kappa shape index (κ2) is 3.07. The van der Waals surface area contributed by atoms with Crippen LogP contribution in [-0.2, 0) is 0 Å². The van der Waals surface area contributed by atoms with E-state index in [1.807, 2.05) is 18.2 Å². The van der Waals surface area contributed by atoms with Crippen LogP contribution in [0.1, 0.15) is 0 Å². The predicted molar refractivity (Wildman–Crippen MR) is 34.2 cm³/mol. The Bertz CT molecular complexity index is 162. The lowest BCUT2D eigenvalue weighted by Crippen LogP contribution is -1.91. The highest BCUT2D eigenvalue weighted by molar-refractivity contribution is 5.34. The summed E-state index contributed by atoms with van der Waals surface area (Å²) in [7, 11) is 0. The third kappa shape index (κ3) is 1.72. The van der Waals surface area contributed by atoms with Gasteiger partial charge in [0.1, 0.15) is 0 Å². The van der Waals surface area contributed by atoms with Crippen molar-refractivity contribution in [1.29, 1.82) is 0 Å². The van der Waals surface area contributed by atoms with Crippen molar-refractivity contribution in [2.24, 2.45) is 0 Å². The van der Waals surface area contributed by atoms with Gasteiger partial charge in [0.15, 0.2) is 6.80 Å². The average Bonchev–Trinajstić information content (AvgIpc) is 1.91. The van der Waals surface area contributed by atoms with Crippen molar-refractivity contribution in [3.63, 3.8) is 0 Å². The van der Waals surface area contributed by atoms with Gasteiger partial charge in [0, 0.05) is 0 Å². The highest BCUT2D eigenvalue weighted by atomic mass is 19.1. The van der Waals surface area contributed by atoms with Gasteiger partial charge in [-0.05, 0) is 12.1 Å². The molecular weight excluding hydrogens is 117 g/mol. The minimum atomic E-state index is -0.635. The fourth-order valence-corrected chi connectivity index (χ4v) is 0.602. The van der Waals surface area contributed by atoms with Gasteiger partial charge in [0.05, 0.1) is 5.69 Å². The molecule has 0 aliphatic heterocycles. The topological polar surface area (TPSA) is 14.1 Å². The predicted octanol–water partition coefficient (Wildman–Crippen LogP) is 1.85. The number of hydrogen-bond acceptors (Lipinski definition) is 0. The Morgan fingerprint density at radius 3 is 2.44 bits per heavy atom. The van der Waals surface area contributed by atoms with Crippen LogP contribution in [0.15, 0.2) is 30.3 Å². The Kier molecular flexibility index (Phi) is 2.07. The Balaban J connectivity index is 2.61. The average molecular weight is 124 g/mol. The summed E-state index contributed by atoms with van der Waals surface area (Å²) in [5.41, 5.74) is 0.694. The molecule has 1 nitrogen and oxygen atoms in total. The molecule has 0 saturated heterocycles. The van der Waals surface area contributed by atoms with Crippen molar-refractivity contribution in [3.8, 4) is 0 Å². The van der Waals surface area contributed by atoms with Crippen LogP contribution in [-0.4, -0.2) is 6.80 Å². The summed E-state index contributed by atoms with van der Waals surface area (Å²) in [5.74, 6) is 0. The molecule has 0 N–H and O–H groups in total. The number of hydrogen-bond donors (Lipinski definition) is 0. The van der Waals surface area contributed by atoms with E-state index in [0.29, 0.717) is 5.69 Å². The molecule has 0 heterocycles. The van der Waals surface area contributed by atoms with Crippen LogP contribution in [0.3, 0.4) is 0 Å². The van der Waals surface area contributed by atoms with Crippen LogP contribution in [0.4, 0.5) is 10.1 Å². The first kappa shape index (κ1) is 6.08. The van der Waals surface area contributed by atoms with E-state index in [2.05, 4.69) is 5.32 Å². The van der Waals surface area contributed by atoms with E-state index in [1.165, 1.54) is 0 Å². The van der Waals surface area contributed by atoms with Crippen molar-refractivity contribution in [3.05, 3.63) is 30.3 Å². The van der Waals surface area contributed by atoms with Gasteiger partial charge >= 0.3 is 0 Å². The minimum absolute atomic E-state index is 0.635. The van der Waals surface area contributed by atoms with Gasteiger partial charge in [0.2, 0.25) is 0 Å². The monoisotopic (exact) mass is 124 g/mol. The molecular formula is C7H7FN. The number of nitrogens with zero attached hydrogens (tertiary/aromatic N) is 1. The maximum Gasteiger partial charge on any atom is 0.180 e. The molecule has 2 heteroatoms. The number of para-hydroxylation sites is 1. The molecule has 0 atom stereocenters. The van der Waals surface area contributed by atoms with Gasteiger partial charge in [-0.25, -0.2) is 4.39 Å². The van der Waals surface area contributed by atoms with Crippen molar-refractivity contribution in [1.82, 2.24) is 5.32 Å². The smallest absolute Gasteiger partial charge is 0.180 e. The molecule has 0 bridgehead atoms. The normalized spacial score (nSPS) is 9.00. The van der Waals surface area contributed by atoms with Gasteiger partial charge in [-0.1, -0.05) is 18.2 Å². The zero-order chi connectivity index (χ0) is 6.53. The molecule has 47 valence electrons. The van der Waals surface area contributed by atoms with Crippen molar-refractivity contribution < 1.29 is 4.39 Å². The molecule has 0 unspecified atom stereocenters. The zero-order valence-corrected chi connectivity index (χ0v) is 4.92. The van der Waals surface area contributed by atoms with E-state index >= 15 is 0 Å². The summed E-state index contributed by atoms with van der Waals surface area (Å²) < 4.78 is 11.5. The molecule has 1 radical (unpaired) electrons. The quantitative estimate of drug-likeness (QED) is 0.534. The molecule has 1 aromatic rings. The summed E-state index contributed by atoms with van der Waals surface area (Å²) in [5, 5.41) is 3.54. The first-order valence-electron chi connectivity index (χ1n) is 2.72. The van der Waals surface area contributed by atoms with E-state index in [1.54, 1.807) is 12.1 Å². The summed E-state index contributed by atoms with van der Waals surface area (Å²) >= 11 is 0. The van der Waals surface area contributed by atoms with Crippen LogP contribution in [0.2, 0.25) is 0 Å². The van der Waals surface area contributed by atoms with Crippen LogP contribution < -0.4 is 5.32 Å². The van der Waals surface area contributed by atoms with E-state index < -0.39 is 6.80 Å². The summed E-state index contributed by atoms with van der Waals surface area (Å²) in [4.78, 5) is 0. The van der Waals surface area contributed by atoms with Crippen molar-refractivity contribution >= 4 is 5.69 Å². The van der Waals surface area contributed by atoms with Crippen LogP contribution in [0.5, 0.6) is 0 Å². The highest BCUT2D eigenvalue weighted by Gasteiger charge is 1.86. The van der Waals surface area contributed by atoms with Crippen molar-refractivity contribution in [2.45, 2.75) is 0 Å². The number of benzene rings is 1. The first-order valence-corrected chi connectivity index (χ1v) is 2.72. The van der Waals surface area contributed by atoms with Crippen LogP contribution >= 0.6 is 0 Å². The molecule has 0 aromatic heterocycles. The lowest BCUT2D eigenvalue weighted by molar-refractivity contribution is 0.463. The van der Waals surface area contributed by atoms with Gasteiger partial charge in [-0.15, -0.1) is 0 Å². The van der Waals surface area contributed by atoms with Gasteiger partial charge in [0.25, 0.3) is 0 Å². The molecule has 0 spiro atoms. The maximum atomic E-state index is 11.5. The second-order valence-electron chi connectivity index (χ2n) is 1.61. The molecule has 0 aliphatic carbocycles. The third-order valence-electron chi connectivity index (χ3n) is 0.999. The van der Waals surface area contributed by atoms with Gasteiger partial charge in [-0.3, -0.25) is 5.32 Å². The first-order chi connectivity index (χ1) is 4.43. The third-order valence-corrected chi connectivity index (χ3v) is 0.999. The van der Waals surface area contributed by atoms with E-state index in [0.717, 1.165) is 0 Å².